The summed E-state index contributed by atoms with van der Waals surface area (Å²) < 4.78 is 6.64. The number of methoxy groups -OCH3 is 1. The van der Waals surface area contributed by atoms with Crippen molar-refractivity contribution in [2.45, 2.75) is 69.5 Å². The van der Waals surface area contributed by atoms with Crippen molar-refractivity contribution in [3.63, 3.8) is 0 Å². The van der Waals surface area contributed by atoms with Crippen LogP contribution >= 0.6 is 0 Å². The molecule has 1 aromatic rings. The van der Waals surface area contributed by atoms with Crippen LogP contribution in [0.25, 0.3) is 0 Å². The molecule has 1 aromatic heterocycles. The molecule has 3 rings (SSSR count). The summed E-state index contributed by atoms with van der Waals surface area (Å²) in [5.41, 5.74) is 0.709. The minimum absolute atomic E-state index is 0.205. The Morgan fingerprint density at radius 2 is 2.08 bits per heavy atom. The average molecular weight is 353 g/mol. The van der Waals surface area contributed by atoms with Gasteiger partial charge in [0.2, 0.25) is 0 Å². The molecule has 0 aromatic carbocycles. The first-order chi connectivity index (χ1) is 12.1. The molecule has 1 heterocycles. The van der Waals surface area contributed by atoms with Crippen LogP contribution in [0.2, 0.25) is 0 Å². The Balaban J connectivity index is 1.51. The second-order valence-corrected chi connectivity index (χ2v) is 7.05. The summed E-state index contributed by atoms with van der Waals surface area (Å²) in [6.07, 6.45) is 4.63. The summed E-state index contributed by atoms with van der Waals surface area (Å²) in [4.78, 5) is 12.1. The Bertz CT molecular complexity index is 575. The molecule has 0 unspecified atom stereocenters. The number of carbonyl (C=O) groups excluding carboxylic acids is 1. The third-order valence-electron chi connectivity index (χ3n) is 5.11. The van der Waals surface area contributed by atoms with Crippen molar-refractivity contribution >= 4 is 6.03 Å². The maximum Gasteiger partial charge on any atom is 0.315 e. The summed E-state index contributed by atoms with van der Waals surface area (Å²) in [7, 11) is 1.59. The molecule has 2 fully saturated rings. The van der Waals surface area contributed by atoms with Crippen LogP contribution in [0, 0.1) is 5.92 Å². The summed E-state index contributed by atoms with van der Waals surface area (Å²) >= 11 is 0. The van der Waals surface area contributed by atoms with Gasteiger partial charge in [-0.15, -0.1) is 5.10 Å². The number of amides is 2. The molecule has 0 aliphatic heterocycles. The summed E-state index contributed by atoms with van der Waals surface area (Å²) in [5, 5.41) is 34.3. The van der Waals surface area contributed by atoms with E-state index in [4.69, 9.17) is 4.74 Å². The highest BCUT2D eigenvalue weighted by Gasteiger charge is 2.42. The van der Waals surface area contributed by atoms with E-state index < -0.39 is 18.2 Å². The zero-order valence-corrected chi connectivity index (χ0v) is 14.5. The second-order valence-electron chi connectivity index (χ2n) is 7.05. The lowest BCUT2D eigenvalue weighted by Crippen LogP contribution is -2.49. The van der Waals surface area contributed by atoms with Crippen molar-refractivity contribution in [1.29, 1.82) is 0 Å². The molecule has 2 aliphatic carbocycles. The Hall–Kier alpha value is -1.71. The van der Waals surface area contributed by atoms with Gasteiger partial charge in [0.1, 0.15) is 11.8 Å². The monoisotopic (exact) mass is 353 g/mol. The number of aliphatic hydroxyl groups excluding tert-OH is 2. The fraction of sp³-hybridized carbons (Fsp3) is 0.812. The number of hydrogen-bond donors (Lipinski definition) is 4. The van der Waals surface area contributed by atoms with Gasteiger partial charge in [-0.2, -0.15) is 0 Å². The average Bonchev–Trinajstić information content (AvgIpc) is 3.29. The van der Waals surface area contributed by atoms with Gasteiger partial charge in [0, 0.05) is 25.6 Å². The Labute approximate surface area is 146 Å². The zero-order chi connectivity index (χ0) is 17.8. The number of carbonyl (C=O) groups is 1. The minimum Gasteiger partial charge on any atom is -0.390 e. The van der Waals surface area contributed by atoms with Crippen LogP contribution in [-0.4, -0.2) is 62.6 Å². The standard InChI is InChI=1S/C16H27N5O4/c1-25-9-12-8-21(20-19-12)7-10-6-13(15(23)14(10)22)18-16(24)17-11-4-2-3-5-11/h8,10-11,13-15,22-23H,2-7,9H2,1H3,(H2,17,18,24)/t10-,13-,14-,15+/m1/s1. The number of aliphatic hydroxyl groups is 2. The third-order valence-corrected chi connectivity index (χ3v) is 5.11. The van der Waals surface area contributed by atoms with Crippen LogP contribution in [-0.2, 0) is 17.9 Å². The molecule has 9 nitrogen and oxygen atoms in total. The van der Waals surface area contributed by atoms with Gasteiger partial charge in [0.25, 0.3) is 0 Å². The molecule has 4 atom stereocenters. The molecule has 2 aliphatic rings. The molecule has 9 heteroatoms. The molecule has 0 radical (unpaired) electrons. The molecule has 25 heavy (non-hydrogen) atoms. The lowest BCUT2D eigenvalue weighted by molar-refractivity contribution is 0.00857. The maximum atomic E-state index is 12.1. The Kier molecular flexibility index (Phi) is 5.87. The summed E-state index contributed by atoms with van der Waals surface area (Å²) in [5.74, 6) is -0.205. The highest BCUT2D eigenvalue weighted by Crippen LogP contribution is 2.28. The van der Waals surface area contributed by atoms with Crippen molar-refractivity contribution in [2.75, 3.05) is 7.11 Å². The van der Waals surface area contributed by atoms with E-state index in [2.05, 4.69) is 20.9 Å². The summed E-state index contributed by atoms with van der Waals surface area (Å²) in [6, 6.07) is -0.524. The van der Waals surface area contributed by atoms with Crippen LogP contribution < -0.4 is 10.6 Å². The van der Waals surface area contributed by atoms with Crippen LogP contribution in [0.15, 0.2) is 6.20 Å². The topological polar surface area (TPSA) is 122 Å². The summed E-state index contributed by atoms with van der Waals surface area (Å²) in [6.45, 7) is 0.804. The van der Waals surface area contributed by atoms with Crippen LogP contribution in [0.3, 0.4) is 0 Å². The van der Waals surface area contributed by atoms with Gasteiger partial charge < -0.3 is 25.6 Å². The van der Waals surface area contributed by atoms with Gasteiger partial charge in [-0.3, -0.25) is 4.68 Å². The van der Waals surface area contributed by atoms with E-state index in [1.54, 1.807) is 18.0 Å². The fourth-order valence-electron chi connectivity index (χ4n) is 3.80. The SMILES string of the molecule is COCc1cn(C[C@H]2C[C@@H](NC(=O)NC3CCCC3)[C@H](O)[C@@H]2O)nn1. The van der Waals surface area contributed by atoms with Gasteiger partial charge in [0.05, 0.1) is 24.9 Å². The molecule has 0 saturated heterocycles. The van der Waals surface area contributed by atoms with E-state index in [0.29, 0.717) is 25.3 Å². The van der Waals surface area contributed by atoms with Crippen molar-refractivity contribution in [3.05, 3.63) is 11.9 Å². The number of aromatic nitrogens is 3. The maximum absolute atomic E-state index is 12.1. The number of ether oxygens (including phenoxy) is 1. The largest absolute Gasteiger partial charge is 0.390 e. The van der Waals surface area contributed by atoms with E-state index in [1.807, 2.05) is 0 Å². The molecule has 140 valence electrons. The molecular weight excluding hydrogens is 326 g/mol. The van der Waals surface area contributed by atoms with Crippen LogP contribution in [0.4, 0.5) is 4.79 Å². The molecule has 4 N–H and O–H groups in total. The lowest BCUT2D eigenvalue weighted by atomic mass is 10.1. The molecule has 0 spiro atoms. The van der Waals surface area contributed by atoms with Crippen LogP contribution in [0.1, 0.15) is 37.8 Å². The van der Waals surface area contributed by atoms with Gasteiger partial charge >= 0.3 is 6.03 Å². The van der Waals surface area contributed by atoms with Crippen molar-refractivity contribution in [3.8, 4) is 0 Å². The van der Waals surface area contributed by atoms with E-state index >= 15 is 0 Å². The smallest absolute Gasteiger partial charge is 0.315 e. The predicted molar refractivity (Wildman–Crippen MR) is 88.6 cm³/mol. The normalized spacial score (nSPS) is 29.9. The van der Waals surface area contributed by atoms with E-state index in [0.717, 1.165) is 25.7 Å². The number of nitrogens with one attached hydrogen (secondary N) is 2. The highest BCUT2D eigenvalue weighted by molar-refractivity contribution is 5.74. The second kappa shape index (κ2) is 8.11. The molecule has 2 amide bonds. The van der Waals surface area contributed by atoms with E-state index in [9.17, 15) is 15.0 Å². The Morgan fingerprint density at radius 1 is 1.32 bits per heavy atom. The first-order valence-electron chi connectivity index (χ1n) is 8.88. The van der Waals surface area contributed by atoms with Crippen molar-refractivity contribution < 1.29 is 19.7 Å². The van der Waals surface area contributed by atoms with Crippen molar-refractivity contribution in [2.24, 2.45) is 5.92 Å². The number of rotatable bonds is 6. The van der Waals surface area contributed by atoms with Crippen LogP contribution in [0.5, 0.6) is 0 Å². The number of nitrogens with zero attached hydrogens (tertiary/aromatic N) is 3. The third kappa shape index (κ3) is 4.47. The molecule has 2 saturated carbocycles. The quantitative estimate of drug-likeness (QED) is 0.561. The number of urea groups is 1. The fourth-order valence-corrected chi connectivity index (χ4v) is 3.80. The lowest BCUT2D eigenvalue weighted by Gasteiger charge is -2.20. The van der Waals surface area contributed by atoms with Gasteiger partial charge in [-0.25, -0.2) is 4.79 Å². The van der Waals surface area contributed by atoms with Crippen molar-refractivity contribution in [1.82, 2.24) is 25.6 Å². The predicted octanol–water partition coefficient (Wildman–Crippen LogP) is -0.223. The first kappa shape index (κ1) is 18.1. The highest BCUT2D eigenvalue weighted by atomic mass is 16.5. The molecule has 0 bridgehead atoms. The van der Waals surface area contributed by atoms with E-state index in [1.165, 1.54) is 0 Å². The zero-order valence-electron chi connectivity index (χ0n) is 14.5. The van der Waals surface area contributed by atoms with Gasteiger partial charge in [0.15, 0.2) is 0 Å². The molecular formula is C16H27N5O4. The van der Waals surface area contributed by atoms with E-state index in [-0.39, 0.29) is 18.0 Å². The van der Waals surface area contributed by atoms with Gasteiger partial charge in [-0.05, 0) is 19.3 Å². The van der Waals surface area contributed by atoms with Gasteiger partial charge in [-0.1, -0.05) is 18.1 Å². The Morgan fingerprint density at radius 3 is 2.80 bits per heavy atom. The minimum atomic E-state index is -0.985. The first-order valence-corrected chi connectivity index (χ1v) is 8.88. The number of hydrogen-bond acceptors (Lipinski definition) is 6.